The summed E-state index contributed by atoms with van der Waals surface area (Å²) in [7, 11) is -2.62. The molecule has 0 unspecified atom stereocenters. The van der Waals surface area contributed by atoms with E-state index in [1.165, 1.54) is 31.4 Å². The second kappa shape index (κ2) is 8.88. The summed E-state index contributed by atoms with van der Waals surface area (Å²) in [6.45, 7) is 1.56. The number of ether oxygens (including phenoxy) is 1. The van der Waals surface area contributed by atoms with Crippen LogP contribution in [0.25, 0.3) is 0 Å². The molecule has 0 spiro atoms. The summed E-state index contributed by atoms with van der Waals surface area (Å²) in [6, 6.07) is 16.6. The molecule has 0 aliphatic heterocycles. The molecule has 0 bridgehead atoms. The van der Waals surface area contributed by atoms with E-state index in [4.69, 9.17) is 9.84 Å². The van der Waals surface area contributed by atoms with Gasteiger partial charge < -0.3 is 15.2 Å². The molecule has 31 heavy (non-hydrogen) atoms. The van der Waals surface area contributed by atoms with Crippen molar-refractivity contribution in [2.24, 2.45) is 0 Å². The Bertz CT molecular complexity index is 1240. The van der Waals surface area contributed by atoms with Crippen molar-refractivity contribution < 1.29 is 27.9 Å². The zero-order valence-corrected chi connectivity index (χ0v) is 17.6. The first-order chi connectivity index (χ1) is 14.7. The Hall–Kier alpha value is -3.85. The van der Waals surface area contributed by atoms with E-state index in [1.807, 2.05) is 0 Å². The van der Waals surface area contributed by atoms with Gasteiger partial charge in [0.2, 0.25) is 0 Å². The Morgan fingerprint density at radius 2 is 1.65 bits per heavy atom. The van der Waals surface area contributed by atoms with Crippen molar-refractivity contribution in [3.8, 4) is 5.75 Å². The molecule has 0 atom stereocenters. The van der Waals surface area contributed by atoms with Gasteiger partial charge in [-0.1, -0.05) is 18.2 Å². The molecule has 3 N–H and O–H groups in total. The number of benzene rings is 3. The first-order valence-corrected chi connectivity index (χ1v) is 10.6. The van der Waals surface area contributed by atoms with Crippen LogP contribution in [0.2, 0.25) is 0 Å². The molecule has 160 valence electrons. The first kappa shape index (κ1) is 21.8. The highest BCUT2D eigenvalue weighted by Gasteiger charge is 2.22. The summed E-state index contributed by atoms with van der Waals surface area (Å²) in [4.78, 5) is 23.8. The number of hydrogen-bond donors (Lipinski definition) is 3. The Morgan fingerprint density at radius 3 is 2.29 bits per heavy atom. The molecule has 0 fully saturated rings. The Labute approximate surface area is 179 Å². The third-order valence-electron chi connectivity index (χ3n) is 4.49. The summed E-state index contributed by atoms with van der Waals surface area (Å²) < 4.78 is 33.4. The minimum atomic E-state index is -4.15. The van der Waals surface area contributed by atoms with E-state index < -0.39 is 21.9 Å². The monoisotopic (exact) mass is 440 g/mol. The minimum absolute atomic E-state index is 0.0636. The van der Waals surface area contributed by atoms with E-state index >= 15 is 0 Å². The largest absolute Gasteiger partial charge is 0.497 e. The lowest BCUT2D eigenvalue weighted by atomic mass is 10.1. The van der Waals surface area contributed by atoms with Crippen LogP contribution in [0.5, 0.6) is 5.75 Å². The van der Waals surface area contributed by atoms with E-state index in [0.717, 1.165) is 6.07 Å². The van der Waals surface area contributed by atoms with E-state index in [2.05, 4.69) is 10.0 Å². The van der Waals surface area contributed by atoms with E-state index in [-0.39, 0.29) is 21.7 Å². The van der Waals surface area contributed by atoms with Crippen LogP contribution in [0, 0.1) is 6.92 Å². The van der Waals surface area contributed by atoms with Gasteiger partial charge in [0.25, 0.3) is 15.9 Å². The van der Waals surface area contributed by atoms with Crippen molar-refractivity contribution in [2.45, 2.75) is 11.8 Å². The number of aromatic carboxylic acids is 1. The lowest BCUT2D eigenvalue weighted by Gasteiger charge is -2.14. The number of rotatable bonds is 7. The van der Waals surface area contributed by atoms with Crippen molar-refractivity contribution >= 4 is 33.3 Å². The van der Waals surface area contributed by atoms with Gasteiger partial charge in [-0.15, -0.1) is 0 Å². The highest BCUT2D eigenvalue weighted by molar-refractivity contribution is 7.92. The topological polar surface area (TPSA) is 122 Å². The number of anilines is 2. The second-order valence-electron chi connectivity index (χ2n) is 6.62. The van der Waals surface area contributed by atoms with Crippen LogP contribution in [0.3, 0.4) is 0 Å². The Morgan fingerprint density at radius 1 is 0.968 bits per heavy atom. The van der Waals surface area contributed by atoms with Gasteiger partial charge in [-0.3, -0.25) is 9.52 Å². The number of carbonyl (C=O) groups excluding carboxylic acids is 1. The van der Waals surface area contributed by atoms with Crippen LogP contribution >= 0.6 is 0 Å². The molecular weight excluding hydrogens is 420 g/mol. The maximum Gasteiger partial charge on any atom is 0.335 e. The number of carbonyl (C=O) groups is 2. The normalized spacial score (nSPS) is 10.9. The predicted molar refractivity (Wildman–Crippen MR) is 116 cm³/mol. The molecule has 8 nitrogen and oxygen atoms in total. The number of carboxylic acid groups (broad SMARTS) is 1. The molecule has 3 aromatic rings. The average molecular weight is 440 g/mol. The number of methoxy groups -OCH3 is 1. The standard InChI is InChI=1S/C22H20N2O6S/c1-14-7-8-15(22(26)27)13-20(14)31(28,29)24-19-6-4-3-5-18(19)21(25)23-16-9-11-17(30-2)12-10-16/h3-13,24H,1-2H3,(H,23,25)(H,26,27). The molecule has 0 saturated heterocycles. The van der Waals surface area contributed by atoms with Crippen molar-refractivity contribution in [1.29, 1.82) is 0 Å². The van der Waals surface area contributed by atoms with Gasteiger partial charge in [0.05, 0.1) is 28.8 Å². The van der Waals surface area contributed by atoms with Crippen LogP contribution < -0.4 is 14.8 Å². The Kier molecular flexibility index (Phi) is 6.26. The van der Waals surface area contributed by atoms with E-state index in [9.17, 15) is 18.0 Å². The van der Waals surface area contributed by atoms with Crippen LogP contribution in [0.15, 0.2) is 71.6 Å². The summed E-state index contributed by atoms with van der Waals surface area (Å²) in [5, 5.41) is 11.9. The Balaban J connectivity index is 1.90. The lowest BCUT2D eigenvalue weighted by Crippen LogP contribution is -2.19. The number of hydrogen-bond acceptors (Lipinski definition) is 5. The molecule has 0 saturated carbocycles. The molecule has 0 aliphatic rings. The van der Waals surface area contributed by atoms with Crippen LogP contribution in [-0.4, -0.2) is 32.5 Å². The van der Waals surface area contributed by atoms with Crippen molar-refractivity contribution in [2.75, 3.05) is 17.1 Å². The highest BCUT2D eigenvalue weighted by Crippen LogP contribution is 2.24. The van der Waals surface area contributed by atoms with Crippen LogP contribution in [0.1, 0.15) is 26.3 Å². The van der Waals surface area contributed by atoms with Gasteiger partial charge in [-0.05, 0) is 61.0 Å². The molecule has 0 aromatic heterocycles. The summed E-state index contributed by atoms with van der Waals surface area (Å²) in [5.41, 5.74) is 0.894. The fraction of sp³-hybridized carbons (Fsp3) is 0.0909. The van der Waals surface area contributed by atoms with Crippen LogP contribution in [0.4, 0.5) is 11.4 Å². The third-order valence-corrected chi connectivity index (χ3v) is 6.00. The first-order valence-electron chi connectivity index (χ1n) is 9.12. The molecule has 9 heteroatoms. The lowest BCUT2D eigenvalue weighted by molar-refractivity contribution is 0.0696. The van der Waals surface area contributed by atoms with E-state index in [1.54, 1.807) is 43.3 Å². The predicted octanol–water partition coefficient (Wildman–Crippen LogP) is 3.75. The molecule has 0 aliphatic carbocycles. The molecule has 0 radical (unpaired) electrons. The van der Waals surface area contributed by atoms with Gasteiger partial charge in [0, 0.05) is 5.69 Å². The zero-order valence-electron chi connectivity index (χ0n) is 16.7. The molecule has 3 rings (SSSR count). The number of nitrogens with one attached hydrogen (secondary N) is 2. The minimum Gasteiger partial charge on any atom is -0.497 e. The number of carboxylic acids is 1. The zero-order chi connectivity index (χ0) is 22.6. The highest BCUT2D eigenvalue weighted by atomic mass is 32.2. The number of sulfonamides is 1. The van der Waals surface area contributed by atoms with Gasteiger partial charge in [-0.25, -0.2) is 13.2 Å². The summed E-state index contributed by atoms with van der Waals surface area (Å²) in [5.74, 6) is -1.12. The maximum atomic E-state index is 13.0. The number of aryl methyl sites for hydroxylation is 1. The fourth-order valence-corrected chi connectivity index (χ4v) is 4.22. The average Bonchev–Trinajstić information content (AvgIpc) is 2.74. The molecule has 1 amide bonds. The van der Waals surface area contributed by atoms with Gasteiger partial charge in [0.15, 0.2) is 0 Å². The van der Waals surface area contributed by atoms with Gasteiger partial charge in [-0.2, -0.15) is 0 Å². The number of amides is 1. The van der Waals surface area contributed by atoms with Crippen LogP contribution in [-0.2, 0) is 10.0 Å². The van der Waals surface area contributed by atoms with Gasteiger partial charge >= 0.3 is 5.97 Å². The number of para-hydroxylation sites is 1. The van der Waals surface area contributed by atoms with Gasteiger partial charge in [0.1, 0.15) is 5.75 Å². The molecule has 3 aromatic carbocycles. The van der Waals surface area contributed by atoms with E-state index in [0.29, 0.717) is 17.0 Å². The summed E-state index contributed by atoms with van der Waals surface area (Å²) in [6.07, 6.45) is 0. The molecular formula is C22H20N2O6S. The SMILES string of the molecule is COc1ccc(NC(=O)c2ccccc2NS(=O)(=O)c2cc(C(=O)O)ccc2C)cc1. The fourth-order valence-electron chi connectivity index (χ4n) is 2.87. The van der Waals surface area contributed by atoms with Crippen molar-refractivity contribution in [3.63, 3.8) is 0 Å². The second-order valence-corrected chi connectivity index (χ2v) is 8.27. The smallest absolute Gasteiger partial charge is 0.335 e. The third kappa shape index (κ3) is 5.01. The summed E-state index contributed by atoms with van der Waals surface area (Å²) >= 11 is 0. The quantitative estimate of drug-likeness (QED) is 0.514. The molecule has 0 heterocycles. The van der Waals surface area contributed by atoms with Crippen molar-refractivity contribution in [1.82, 2.24) is 0 Å². The maximum absolute atomic E-state index is 13.0. The van der Waals surface area contributed by atoms with Crippen molar-refractivity contribution in [3.05, 3.63) is 83.4 Å².